The number of carbonyl (C=O) groups excluding carboxylic acids is 1. The fourth-order valence-corrected chi connectivity index (χ4v) is 1.85. The van der Waals surface area contributed by atoms with Gasteiger partial charge in [-0.05, 0) is 18.8 Å². The summed E-state index contributed by atoms with van der Waals surface area (Å²) in [6, 6.07) is -0.135. The lowest BCUT2D eigenvalue weighted by molar-refractivity contribution is -0.141. The van der Waals surface area contributed by atoms with Crippen LogP contribution in [0.3, 0.4) is 0 Å². The summed E-state index contributed by atoms with van der Waals surface area (Å²) in [6.45, 7) is 5.68. The molecule has 2 atom stereocenters. The van der Waals surface area contributed by atoms with Crippen LogP contribution in [0.2, 0.25) is 0 Å². The van der Waals surface area contributed by atoms with Crippen molar-refractivity contribution in [3.63, 3.8) is 0 Å². The predicted molar refractivity (Wildman–Crippen MR) is 60.2 cm³/mol. The van der Waals surface area contributed by atoms with Gasteiger partial charge in [0.1, 0.15) is 0 Å². The van der Waals surface area contributed by atoms with Gasteiger partial charge < -0.3 is 15.3 Å². The van der Waals surface area contributed by atoms with E-state index >= 15 is 0 Å². The molecule has 0 radical (unpaired) electrons. The van der Waals surface area contributed by atoms with E-state index < -0.39 is 11.9 Å². The minimum absolute atomic E-state index is 0.135. The van der Waals surface area contributed by atoms with Crippen LogP contribution in [0, 0.1) is 11.8 Å². The van der Waals surface area contributed by atoms with Crippen molar-refractivity contribution in [1.82, 2.24) is 10.2 Å². The molecule has 16 heavy (non-hydrogen) atoms. The largest absolute Gasteiger partial charge is 0.481 e. The van der Waals surface area contributed by atoms with Crippen molar-refractivity contribution < 1.29 is 14.7 Å². The first-order chi connectivity index (χ1) is 7.54. The summed E-state index contributed by atoms with van der Waals surface area (Å²) in [5, 5.41) is 11.5. The zero-order chi connectivity index (χ0) is 12.1. The number of hydrogen-bond donors (Lipinski definition) is 2. The third-order valence-corrected chi connectivity index (χ3v) is 3.05. The summed E-state index contributed by atoms with van der Waals surface area (Å²) in [7, 11) is 0. The van der Waals surface area contributed by atoms with E-state index in [1.807, 2.05) is 6.92 Å². The highest BCUT2D eigenvalue weighted by molar-refractivity contribution is 5.76. The van der Waals surface area contributed by atoms with E-state index in [9.17, 15) is 9.59 Å². The number of aliphatic carboxylic acids is 1. The smallest absolute Gasteiger partial charge is 0.317 e. The fraction of sp³-hybridized carbons (Fsp3) is 0.818. The van der Waals surface area contributed by atoms with Crippen LogP contribution in [0.25, 0.3) is 0 Å². The van der Waals surface area contributed by atoms with Gasteiger partial charge in [-0.25, -0.2) is 4.79 Å². The van der Waals surface area contributed by atoms with E-state index in [2.05, 4.69) is 12.2 Å². The molecule has 0 bridgehead atoms. The maximum absolute atomic E-state index is 11.7. The highest BCUT2D eigenvalue weighted by Gasteiger charge is 2.24. The van der Waals surface area contributed by atoms with E-state index in [1.54, 1.807) is 4.90 Å². The van der Waals surface area contributed by atoms with Gasteiger partial charge in [0.15, 0.2) is 0 Å². The molecular formula is C11H20N2O3. The maximum Gasteiger partial charge on any atom is 0.317 e. The number of nitrogens with one attached hydrogen (secondary N) is 1. The van der Waals surface area contributed by atoms with E-state index in [1.165, 1.54) is 0 Å². The van der Waals surface area contributed by atoms with Crippen molar-refractivity contribution in [3.05, 3.63) is 0 Å². The standard InChI is InChI=1S/C11H20N2O3/c1-3-9(10(14)15)6-12-11(16)13-5-4-8(2)7-13/h8-9H,3-7H2,1-2H3,(H,12,16)(H,14,15). The monoisotopic (exact) mass is 228 g/mol. The Morgan fingerprint density at radius 1 is 1.56 bits per heavy atom. The molecular weight excluding hydrogens is 208 g/mol. The second-order valence-corrected chi connectivity index (χ2v) is 4.47. The van der Waals surface area contributed by atoms with E-state index in [-0.39, 0.29) is 12.6 Å². The molecule has 1 fully saturated rings. The predicted octanol–water partition coefficient (Wildman–Crippen LogP) is 1.15. The Balaban J connectivity index is 2.32. The van der Waals surface area contributed by atoms with Gasteiger partial charge in [-0.2, -0.15) is 0 Å². The Labute approximate surface area is 95.8 Å². The van der Waals surface area contributed by atoms with Gasteiger partial charge in [0, 0.05) is 19.6 Å². The summed E-state index contributed by atoms with van der Waals surface area (Å²) < 4.78 is 0. The molecule has 1 aliphatic heterocycles. The first-order valence-corrected chi connectivity index (χ1v) is 5.80. The SMILES string of the molecule is CCC(CNC(=O)N1CCC(C)C1)C(=O)O. The number of carbonyl (C=O) groups is 2. The van der Waals surface area contributed by atoms with E-state index in [0.717, 1.165) is 19.5 Å². The molecule has 2 unspecified atom stereocenters. The summed E-state index contributed by atoms with van der Waals surface area (Å²) >= 11 is 0. The number of carboxylic acid groups (broad SMARTS) is 1. The van der Waals surface area contributed by atoms with Crippen LogP contribution in [0.15, 0.2) is 0 Å². The van der Waals surface area contributed by atoms with Crippen molar-refractivity contribution >= 4 is 12.0 Å². The fourth-order valence-electron chi connectivity index (χ4n) is 1.85. The Morgan fingerprint density at radius 2 is 2.25 bits per heavy atom. The number of urea groups is 1. The molecule has 92 valence electrons. The first kappa shape index (κ1) is 12.8. The Bertz CT molecular complexity index is 268. The normalized spacial score (nSPS) is 21.9. The van der Waals surface area contributed by atoms with Crippen molar-refractivity contribution in [2.24, 2.45) is 11.8 Å². The highest BCUT2D eigenvalue weighted by Crippen LogP contribution is 2.14. The van der Waals surface area contributed by atoms with Gasteiger partial charge in [-0.15, -0.1) is 0 Å². The lowest BCUT2D eigenvalue weighted by Crippen LogP contribution is -2.41. The summed E-state index contributed by atoms with van der Waals surface area (Å²) in [5.41, 5.74) is 0. The van der Waals surface area contributed by atoms with Crippen molar-refractivity contribution in [2.45, 2.75) is 26.7 Å². The molecule has 5 heteroatoms. The van der Waals surface area contributed by atoms with Crippen LogP contribution in [0.4, 0.5) is 4.79 Å². The summed E-state index contributed by atoms with van der Waals surface area (Å²) in [5.74, 6) is -0.784. The topological polar surface area (TPSA) is 69.6 Å². The second-order valence-electron chi connectivity index (χ2n) is 4.47. The van der Waals surface area contributed by atoms with Crippen molar-refractivity contribution in [1.29, 1.82) is 0 Å². The maximum atomic E-state index is 11.7. The molecule has 0 spiro atoms. The molecule has 0 aliphatic carbocycles. The minimum atomic E-state index is -0.849. The van der Waals surface area contributed by atoms with E-state index in [0.29, 0.717) is 12.3 Å². The van der Waals surface area contributed by atoms with Gasteiger partial charge in [0.05, 0.1) is 5.92 Å². The van der Waals surface area contributed by atoms with Crippen LogP contribution >= 0.6 is 0 Å². The lowest BCUT2D eigenvalue weighted by Gasteiger charge is -2.18. The molecule has 0 saturated carbocycles. The number of rotatable bonds is 4. The number of likely N-dealkylation sites (tertiary alicyclic amines) is 1. The van der Waals surface area contributed by atoms with Gasteiger partial charge in [-0.1, -0.05) is 13.8 Å². The van der Waals surface area contributed by atoms with Gasteiger partial charge in [-0.3, -0.25) is 4.79 Å². The molecule has 0 aromatic carbocycles. The van der Waals surface area contributed by atoms with Crippen LogP contribution in [0.1, 0.15) is 26.7 Å². The summed E-state index contributed by atoms with van der Waals surface area (Å²) in [6.07, 6.45) is 1.57. The number of nitrogens with zero attached hydrogens (tertiary/aromatic N) is 1. The third-order valence-electron chi connectivity index (χ3n) is 3.05. The van der Waals surface area contributed by atoms with Crippen LogP contribution in [0.5, 0.6) is 0 Å². The van der Waals surface area contributed by atoms with E-state index in [4.69, 9.17) is 5.11 Å². The molecule has 0 aromatic heterocycles. The molecule has 1 aliphatic rings. The van der Waals surface area contributed by atoms with Crippen LogP contribution < -0.4 is 5.32 Å². The zero-order valence-corrected chi connectivity index (χ0v) is 9.90. The average molecular weight is 228 g/mol. The molecule has 1 saturated heterocycles. The van der Waals surface area contributed by atoms with Gasteiger partial charge >= 0.3 is 12.0 Å². The first-order valence-electron chi connectivity index (χ1n) is 5.80. The Hall–Kier alpha value is -1.26. The second kappa shape index (κ2) is 5.72. The van der Waals surface area contributed by atoms with Crippen LogP contribution in [-0.4, -0.2) is 41.6 Å². The lowest BCUT2D eigenvalue weighted by atomic mass is 10.1. The third kappa shape index (κ3) is 3.40. The number of amides is 2. The van der Waals surface area contributed by atoms with Crippen molar-refractivity contribution in [3.8, 4) is 0 Å². The zero-order valence-electron chi connectivity index (χ0n) is 9.90. The molecule has 1 rings (SSSR count). The quantitative estimate of drug-likeness (QED) is 0.758. The summed E-state index contributed by atoms with van der Waals surface area (Å²) in [4.78, 5) is 24.2. The van der Waals surface area contributed by atoms with Gasteiger partial charge in [0.2, 0.25) is 0 Å². The minimum Gasteiger partial charge on any atom is -0.481 e. The average Bonchev–Trinajstić information content (AvgIpc) is 2.65. The van der Waals surface area contributed by atoms with Crippen molar-refractivity contribution in [2.75, 3.05) is 19.6 Å². The number of hydrogen-bond acceptors (Lipinski definition) is 2. The molecule has 1 heterocycles. The Kier molecular flexibility index (Phi) is 4.58. The van der Waals surface area contributed by atoms with Crippen LogP contribution in [-0.2, 0) is 4.79 Å². The molecule has 2 N–H and O–H groups in total. The Morgan fingerprint density at radius 3 is 2.69 bits per heavy atom. The van der Waals surface area contributed by atoms with Gasteiger partial charge in [0.25, 0.3) is 0 Å². The molecule has 0 aromatic rings. The molecule has 2 amide bonds. The number of carboxylic acids is 1. The molecule has 5 nitrogen and oxygen atoms in total. The highest BCUT2D eigenvalue weighted by atomic mass is 16.4.